The number of carbonyl (C=O) groups excluding carboxylic acids is 2. The number of aromatic nitrogens is 1. The molecule has 2 amide bonds. The number of hydrogen-bond donors (Lipinski definition) is 1. The van der Waals surface area contributed by atoms with E-state index >= 15 is 0 Å². The summed E-state index contributed by atoms with van der Waals surface area (Å²) in [5, 5.41) is 3.81. The summed E-state index contributed by atoms with van der Waals surface area (Å²) in [6.45, 7) is 1.37. The fourth-order valence-corrected chi connectivity index (χ4v) is 4.68. The molecule has 0 unspecified atom stereocenters. The van der Waals surface area contributed by atoms with Crippen LogP contribution in [-0.4, -0.2) is 48.4 Å². The molecular formula is C22H23N3O3S. The minimum Gasteiger partial charge on any atom is -0.497 e. The maximum atomic E-state index is 12.7. The third-order valence-electron chi connectivity index (χ3n) is 5.19. The predicted octanol–water partition coefficient (Wildman–Crippen LogP) is 3.44. The monoisotopic (exact) mass is 409 g/mol. The lowest BCUT2D eigenvalue weighted by Gasteiger charge is -2.32. The highest BCUT2D eigenvalue weighted by atomic mass is 32.1. The van der Waals surface area contributed by atoms with Crippen molar-refractivity contribution in [3.63, 3.8) is 0 Å². The number of likely N-dealkylation sites (tertiary alicyclic amines) is 1. The smallest absolute Gasteiger partial charge is 0.251 e. The van der Waals surface area contributed by atoms with E-state index in [-0.39, 0.29) is 24.3 Å². The number of para-hydroxylation sites is 1. The van der Waals surface area contributed by atoms with Gasteiger partial charge in [-0.2, -0.15) is 0 Å². The van der Waals surface area contributed by atoms with Crippen LogP contribution in [0.2, 0.25) is 0 Å². The van der Waals surface area contributed by atoms with Crippen LogP contribution in [0.3, 0.4) is 0 Å². The summed E-state index contributed by atoms with van der Waals surface area (Å²) in [4.78, 5) is 31.5. The highest BCUT2D eigenvalue weighted by molar-refractivity contribution is 7.18. The van der Waals surface area contributed by atoms with Gasteiger partial charge in [0.2, 0.25) is 5.91 Å². The first kappa shape index (κ1) is 19.4. The summed E-state index contributed by atoms with van der Waals surface area (Å²) in [5.41, 5.74) is 1.52. The summed E-state index contributed by atoms with van der Waals surface area (Å²) in [6.07, 6.45) is 1.97. The number of rotatable bonds is 5. The molecule has 1 saturated heterocycles. The van der Waals surface area contributed by atoms with Gasteiger partial charge in [-0.3, -0.25) is 9.59 Å². The van der Waals surface area contributed by atoms with Crippen molar-refractivity contribution in [1.82, 2.24) is 15.2 Å². The van der Waals surface area contributed by atoms with Gasteiger partial charge in [0.1, 0.15) is 5.75 Å². The molecule has 2 heterocycles. The number of ether oxygens (including phenoxy) is 1. The average Bonchev–Trinajstić information content (AvgIpc) is 3.22. The Morgan fingerprint density at radius 1 is 1.21 bits per heavy atom. The second kappa shape index (κ2) is 8.61. The summed E-state index contributed by atoms with van der Waals surface area (Å²) >= 11 is 1.71. The Labute approximate surface area is 173 Å². The van der Waals surface area contributed by atoms with Crippen molar-refractivity contribution in [1.29, 1.82) is 0 Å². The lowest BCUT2D eigenvalue weighted by molar-refractivity contribution is -0.131. The SMILES string of the molecule is COc1ccc(C(=O)NCC(=O)N2CCC[C@H](c3nc4ccccc4s3)C2)cc1. The normalized spacial score (nSPS) is 16.6. The van der Waals surface area contributed by atoms with E-state index in [0.717, 1.165) is 29.9 Å². The van der Waals surface area contributed by atoms with E-state index in [1.807, 2.05) is 23.1 Å². The third-order valence-corrected chi connectivity index (χ3v) is 6.39. The lowest BCUT2D eigenvalue weighted by Crippen LogP contribution is -2.44. The first-order valence-electron chi connectivity index (χ1n) is 9.69. The van der Waals surface area contributed by atoms with E-state index in [4.69, 9.17) is 9.72 Å². The van der Waals surface area contributed by atoms with Gasteiger partial charge in [0.05, 0.1) is 28.9 Å². The van der Waals surface area contributed by atoms with Gasteiger partial charge < -0.3 is 15.0 Å². The van der Waals surface area contributed by atoms with Gasteiger partial charge in [-0.05, 0) is 49.2 Å². The van der Waals surface area contributed by atoms with Gasteiger partial charge in [0, 0.05) is 24.6 Å². The van der Waals surface area contributed by atoms with Gasteiger partial charge in [-0.25, -0.2) is 4.98 Å². The van der Waals surface area contributed by atoms with Gasteiger partial charge in [-0.1, -0.05) is 12.1 Å². The Morgan fingerprint density at radius 3 is 2.76 bits per heavy atom. The third kappa shape index (κ3) is 4.40. The first-order valence-corrected chi connectivity index (χ1v) is 10.5. The number of benzene rings is 2. The molecule has 0 bridgehead atoms. The molecule has 0 radical (unpaired) electrons. The van der Waals surface area contributed by atoms with E-state index in [1.165, 1.54) is 4.70 Å². The molecule has 150 valence electrons. The number of fused-ring (bicyclic) bond motifs is 1. The second-order valence-electron chi connectivity index (χ2n) is 7.11. The molecule has 3 aromatic rings. The topological polar surface area (TPSA) is 71.5 Å². The minimum absolute atomic E-state index is 0.00255. The Kier molecular flexibility index (Phi) is 5.76. The molecular weight excluding hydrogens is 386 g/mol. The number of piperidine rings is 1. The van der Waals surface area contributed by atoms with Crippen molar-refractivity contribution in [2.75, 3.05) is 26.7 Å². The predicted molar refractivity (Wildman–Crippen MR) is 114 cm³/mol. The Hall–Kier alpha value is -2.93. The molecule has 0 spiro atoms. The molecule has 1 N–H and O–H groups in total. The highest BCUT2D eigenvalue weighted by Crippen LogP contribution is 2.32. The largest absolute Gasteiger partial charge is 0.497 e. The van der Waals surface area contributed by atoms with Crippen molar-refractivity contribution in [3.05, 3.63) is 59.1 Å². The molecule has 1 aromatic heterocycles. The molecule has 1 atom stereocenters. The molecule has 29 heavy (non-hydrogen) atoms. The molecule has 1 fully saturated rings. The number of nitrogens with zero attached hydrogens (tertiary/aromatic N) is 2. The van der Waals surface area contributed by atoms with Crippen molar-refractivity contribution in [2.24, 2.45) is 0 Å². The maximum absolute atomic E-state index is 12.7. The Balaban J connectivity index is 1.35. The Bertz CT molecular complexity index is 983. The first-order chi connectivity index (χ1) is 14.1. The van der Waals surface area contributed by atoms with E-state index in [2.05, 4.69) is 11.4 Å². The number of carbonyl (C=O) groups is 2. The van der Waals surface area contributed by atoms with Crippen LogP contribution in [0.1, 0.15) is 34.1 Å². The average molecular weight is 410 g/mol. The van der Waals surface area contributed by atoms with E-state index in [9.17, 15) is 9.59 Å². The molecule has 0 saturated carbocycles. The molecule has 4 rings (SSSR count). The summed E-state index contributed by atoms with van der Waals surface area (Å²) in [6, 6.07) is 14.9. The van der Waals surface area contributed by atoms with E-state index in [0.29, 0.717) is 17.9 Å². The fraction of sp³-hybridized carbons (Fsp3) is 0.318. The fourth-order valence-electron chi connectivity index (χ4n) is 3.58. The number of amides is 2. The molecule has 1 aliphatic heterocycles. The summed E-state index contributed by atoms with van der Waals surface area (Å²) in [5.74, 6) is 0.618. The Morgan fingerprint density at radius 2 is 2.00 bits per heavy atom. The van der Waals surface area contributed by atoms with Crippen LogP contribution < -0.4 is 10.1 Å². The molecule has 6 nitrogen and oxygen atoms in total. The van der Waals surface area contributed by atoms with E-state index in [1.54, 1.807) is 42.7 Å². The number of nitrogens with one attached hydrogen (secondary N) is 1. The van der Waals surface area contributed by atoms with Crippen LogP contribution in [0.5, 0.6) is 5.75 Å². The molecule has 1 aliphatic rings. The number of methoxy groups -OCH3 is 1. The standard InChI is InChI=1S/C22H23N3O3S/c1-28-17-10-8-15(9-11-17)21(27)23-13-20(26)25-12-4-5-16(14-25)22-24-18-6-2-3-7-19(18)29-22/h2-3,6-11,16H,4-5,12-14H2,1H3,(H,23,27)/t16-/m0/s1. The van der Waals surface area contributed by atoms with E-state index < -0.39 is 0 Å². The molecule has 7 heteroatoms. The van der Waals surface area contributed by atoms with Crippen LogP contribution in [0, 0.1) is 0 Å². The van der Waals surface area contributed by atoms with Gasteiger partial charge in [0.25, 0.3) is 5.91 Å². The van der Waals surface area contributed by atoms with Crippen molar-refractivity contribution in [3.8, 4) is 5.75 Å². The van der Waals surface area contributed by atoms with Crippen molar-refractivity contribution >= 4 is 33.4 Å². The minimum atomic E-state index is -0.263. The number of hydrogen-bond acceptors (Lipinski definition) is 5. The van der Waals surface area contributed by atoms with Crippen LogP contribution >= 0.6 is 11.3 Å². The number of thiazole rings is 1. The summed E-state index contributed by atoms with van der Waals surface area (Å²) in [7, 11) is 1.58. The van der Waals surface area contributed by atoms with Crippen molar-refractivity contribution < 1.29 is 14.3 Å². The zero-order valence-corrected chi connectivity index (χ0v) is 17.1. The lowest BCUT2D eigenvalue weighted by atomic mass is 9.98. The quantitative estimate of drug-likeness (QED) is 0.701. The van der Waals surface area contributed by atoms with Gasteiger partial charge in [0.15, 0.2) is 0 Å². The van der Waals surface area contributed by atoms with Gasteiger partial charge in [-0.15, -0.1) is 11.3 Å². The zero-order valence-electron chi connectivity index (χ0n) is 16.3. The maximum Gasteiger partial charge on any atom is 0.251 e. The zero-order chi connectivity index (χ0) is 20.2. The van der Waals surface area contributed by atoms with Crippen molar-refractivity contribution in [2.45, 2.75) is 18.8 Å². The summed E-state index contributed by atoms with van der Waals surface area (Å²) < 4.78 is 6.27. The van der Waals surface area contributed by atoms with Crippen LogP contribution in [0.15, 0.2) is 48.5 Å². The highest BCUT2D eigenvalue weighted by Gasteiger charge is 2.27. The second-order valence-corrected chi connectivity index (χ2v) is 8.17. The molecule has 0 aliphatic carbocycles. The van der Waals surface area contributed by atoms with Crippen LogP contribution in [0.25, 0.3) is 10.2 Å². The van der Waals surface area contributed by atoms with Crippen LogP contribution in [-0.2, 0) is 4.79 Å². The molecule has 2 aromatic carbocycles. The van der Waals surface area contributed by atoms with Gasteiger partial charge >= 0.3 is 0 Å². The van der Waals surface area contributed by atoms with Crippen LogP contribution in [0.4, 0.5) is 0 Å².